The number of thiophene rings is 1. The average molecular weight is 338 g/mol. The second kappa shape index (κ2) is 6.69. The highest BCUT2D eigenvalue weighted by atomic mass is 79.9. The monoisotopic (exact) mass is 337 g/mol. The number of rotatable bonds is 5. The number of hydrogen-bond donors (Lipinski definition) is 1. The van der Waals surface area contributed by atoms with Crippen LogP contribution in [0, 0.1) is 13.8 Å². The van der Waals surface area contributed by atoms with Crippen molar-refractivity contribution >= 4 is 27.3 Å². The van der Waals surface area contributed by atoms with E-state index in [9.17, 15) is 0 Å². The van der Waals surface area contributed by atoms with E-state index in [-0.39, 0.29) is 0 Å². The number of likely N-dealkylation sites (N-methyl/N-ethyl adjacent to an activating group) is 1. The van der Waals surface area contributed by atoms with E-state index in [0.29, 0.717) is 6.04 Å². The first-order valence-corrected chi connectivity index (χ1v) is 8.31. The molecular weight excluding hydrogens is 318 g/mol. The third-order valence-electron chi connectivity index (χ3n) is 3.34. The zero-order chi connectivity index (χ0) is 13.8. The molecule has 2 rings (SSSR count). The minimum atomic E-state index is 0.389. The molecule has 0 spiro atoms. The molecule has 19 heavy (non-hydrogen) atoms. The number of benzene rings is 1. The number of nitrogens with one attached hydrogen (secondary N) is 1. The van der Waals surface area contributed by atoms with Crippen LogP contribution in [-0.4, -0.2) is 6.54 Å². The van der Waals surface area contributed by atoms with E-state index in [2.05, 4.69) is 71.7 Å². The summed E-state index contributed by atoms with van der Waals surface area (Å²) in [6.45, 7) is 7.50. The smallest absolute Gasteiger partial charge is 0.0467 e. The van der Waals surface area contributed by atoms with Gasteiger partial charge in [0.1, 0.15) is 0 Å². The highest BCUT2D eigenvalue weighted by Crippen LogP contribution is 2.31. The second-order valence-corrected chi connectivity index (χ2v) is 6.68. The standard InChI is InChI=1S/C16H20BrNS/c1-4-18-15(16-14(17)7-8-19-16)10-13-9-11(2)5-6-12(13)3/h5-9,15,18H,4,10H2,1-3H3. The van der Waals surface area contributed by atoms with Gasteiger partial charge in [-0.1, -0.05) is 30.7 Å². The van der Waals surface area contributed by atoms with Gasteiger partial charge in [-0.3, -0.25) is 0 Å². The molecule has 1 aromatic carbocycles. The van der Waals surface area contributed by atoms with Crippen molar-refractivity contribution in [1.29, 1.82) is 0 Å². The third kappa shape index (κ3) is 3.68. The zero-order valence-electron chi connectivity index (χ0n) is 11.7. The predicted octanol–water partition coefficient (Wildman–Crippen LogP) is 5.02. The number of halogens is 1. The maximum Gasteiger partial charge on any atom is 0.0467 e. The zero-order valence-corrected chi connectivity index (χ0v) is 14.1. The van der Waals surface area contributed by atoms with Crippen molar-refractivity contribution in [2.75, 3.05) is 6.54 Å². The first kappa shape index (κ1) is 14.8. The Morgan fingerprint density at radius 2 is 2.05 bits per heavy atom. The van der Waals surface area contributed by atoms with Crippen LogP contribution in [0.1, 0.15) is 34.5 Å². The van der Waals surface area contributed by atoms with Gasteiger partial charge in [-0.25, -0.2) is 0 Å². The molecule has 0 radical (unpaired) electrons. The van der Waals surface area contributed by atoms with Gasteiger partial charge in [0.2, 0.25) is 0 Å². The topological polar surface area (TPSA) is 12.0 Å². The lowest BCUT2D eigenvalue weighted by Gasteiger charge is -2.19. The van der Waals surface area contributed by atoms with Gasteiger partial charge in [0, 0.05) is 15.4 Å². The molecular formula is C16H20BrNS. The van der Waals surface area contributed by atoms with E-state index in [1.165, 1.54) is 26.0 Å². The quantitative estimate of drug-likeness (QED) is 0.807. The Kier molecular flexibility index (Phi) is 5.20. The SMILES string of the molecule is CCNC(Cc1cc(C)ccc1C)c1sccc1Br. The van der Waals surface area contributed by atoms with Crippen molar-refractivity contribution < 1.29 is 0 Å². The van der Waals surface area contributed by atoms with Crippen LogP contribution in [0.5, 0.6) is 0 Å². The van der Waals surface area contributed by atoms with Crippen LogP contribution in [-0.2, 0) is 6.42 Å². The fraction of sp³-hybridized carbons (Fsp3) is 0.375. The minimum Gasteiger partial charge on any atom is -0.309 e. The van der Waals surface area contributed by atoms with Gasteiger partial charge in [-0.15, -0.1) is 11.3 Å². The Balaban J connectivity index is 2.26. The molecule has 3 heteroatoms. The van der Waals surface area contributed by atoms with Crippen molar-refractivity contribution in [3.63, 3.8) is 0 Å². The first-order chi connectivity index (χ1) is 9.11. The van der Waals surface area contributed by atoms with E-state index in [1.54, 1.807) is 0 Å². The van der Waals surface area contributed by atoms with Crippen LogP contribution < -0.4 is 5.32 Å². The van der Waals surface area contributed by atoms with Gasteiger partial charge in [0.05, 0.1) is 0 Å². The maximum absolute atomic E-state index is 3.65. The Morgan fingerprint density at radius 3 is 2.68 bits per heavy atom. The summed E-state index contributed by atoms with van der Waals surface area (Å²) in [7, 11) is 0. The van der Waals surface area contributed by atoms with Crippen LogP contribution >= 0.6 is 27.3 Å². The Bertz CT molecular complexity index is 547. The molecule has 102 valence electrons. The molecule has 1 atom stereocenters. The van der Waals surface area contributed by atoms with Crippen molar-refractivity contribution in [3.05, 3.63) is 55.7 Å². The lowest BCUT2D eigenvalue weighted by atomic mass is 9.98. The van der Waals surface area contributed by atoms with Gasteiger partial charge in [-0.2, -0.15) is 0 Å². The minimum absolute atomic E-state index is 0.389. The molecule has 1 heterocycles. The van der Waals surface area contributed by atoms with Crippen LogP contribution in [0.25, 0.3) is 0 Å². The molecule has 1 unspecified atom stereocenters. The van der Waals surface area contributed by atoms with Gasteiger partial charge in [-0.05, 0) is 65.3 Å². The summed E-state index contributed by atoms with van der Waals surface area (Å²) in [5.74, 6) is 0. The Labute approximate surface area is 128 Å². The number of aryl methyl sites for hydroxylation is 2. The summed E-state index contributed by atoms with van der Waals surface area (Å²) < 4.78 is 1.22. The molecule has 0 aliphatic rings. The molecule has 1 nitrogen and oxygen atoms in total. The lowest BCUT2D eigenvalue weighted by Crippen LogP contribution is -2.22. The molecule has 0 aliphatic heterocycles. The molecule has 0 bridgehead atoms. The molecule has 0 saturated heterocycles. The van der Waals surface area contributed by atoms with Crippen molar-refractivity contribution in [2.24, 2.45) is 0 Å². The normalized spacial score (nSPS) is 12.6. The van der Waals surface area contributed by atoms with Gasteiger partial charge < -0.3 is 5.32 Å². The van der Waals surface area contributed by atoms with E-state index < -0.39 is 0 Å². The highest BCUT2D eigenvalue weighted by molar-refractivity contribution is 9.10. The third-order valence-corrected chi connectivity index (χ3v) is 5.32. The summed E-state index contributed by atoms with van der Waals surface area (Å²) in [6, 6.07) is 9.23. The molecule has 0 fully saturated rings. The second-order valence-electron chi connectivity index (χ2n) is 4.88. The van der Waals surface area contributed by atoms with Gasteiger partial charge in [0.15, 0.2) is 0 Å². The summed E-state index contributed by atoms with van der Waals surface area (Å²) in [6.07, 6.45) is 1.04. The summed E-state index contributed by atoms with van der Waals surface area (Å²) in [4.78, 5) is 1.39. The van der Waals surface area contributed by atoms with Crippen LogP contribution in [0.15, 0.2) is 34.1 Å². The molecule has 0 saturated carbocycles. The van der Waals surface area contributed by atoms with Gasteiger partial charge >= 0.3 is 0 Å². The molecule has 0 amide bonds. The van der Waals surface area contributed by atoms with E-state index >= 15 is 0 Å². The molecule has 0 aliphatic carbocycles. The predicted molar refractivity (Wildman–Crippen MR) is 88.1 cm³/mol. The molecule has 1 aromatic heterocycles. The average Bonchev–Trinajstić information content (AvgIpc) is 2.79. The molecule has 1 N–H and O–H groups in total. The van der Waals surface area contributed by atoms with Gasteiger partial charge in [0.25, 0.3) is 0 Å². The van der Waals surface area contributed by atoms with Crippen LogP contribution in [0.4, 0.5) is 0 Å². The Morgan fingerprint density at radius 1 is 1.26 bits per heavy atom. The maximum atomic E-state index is 3.65. The van der Waals surface area contributed by atoms with E-state index in [1.807, 2.05) is 11.3 Å². The fourth-order valence-electron chi connectivity index (χ4n) is 2.30. The van der Waals surface area contributed by atoms with Crippen LogP contribution in [0.3, 0.4) is 0 Å². The van der Waals surface area contributed by atoms with Crippen molar-refractivity contribution in [2.45, 2.75) is 33.2 Å². The molecule has 2 aromatic rings. The van der Waals surface area contributed by atoms with Crippen LogP contribution in [0.2, 0.25) is 0 Å². The fourth-order valence-corrected chi connectivity index (χ4v) is 4.02. The van der Waals surface area contributed by atoms with Crippen molar-refractivity contribution in [1.82, 2.24) is 5.32 Å². The highest BCUT2D eigenvalue weighted by Gasteiger charge is 2.16. The summed E-state index contributed by atoms with van der Waals surface area (Å²) >= 11 is 5.47. The summed E-state index contributed by atoms with van der Waals surface area (Å²) in [5.41, 5.74) is 4.15. The largest absolute Gasteiger partial charge is 0.309 e. The Hall–Kier alpha value is -0.640. The first-order valence-electron chi connectivity index (χ1n) is 6.64. The summed E-state index contributed by atoms with van der Waals surface area (Å²) in [5, 5.41) is 5.75. The van der Waals surface area contributed by atoms with E-state index in [0.717, 1.165) is 13.0 Å². The lowest BCUT2D eigenvalue weighted by molar-refractivity contribution is 0.555. The van der Waals surface area contributed by atoms with Crippen molar-refractivity contribution in [3.8, 4) is 0 Å². The number of hydrogen-bond acceptors (Lipinski definition) is 2. The van der Waals surface area contributed by atoms with E-state index in [4.69, 9.17) is 0 Å².